The highest BCUT2D eigenvalue weighted by atomic mass is 16.2. The summed E-state index contributed by atoms with van der Waals surface area (Å²) in [5, 5.41) is 2.95. The minimum Gasteiger partial charge on any atom is -0.353 e. The number of hydrogen-bond acceptors (Lipinski definition) is 3. The van der Waals surface area contributed by atoms with Crippen molar-refractivity contribution in [1.82, 2.24) is 15.1 Å². The molecule has 5 nitrogen and oxygen atoms in total. The molecule has 5 heteroatoms. The third-order valence-electron chi connectivity index (χ3n) is 6.67. The Morgan fingerprint density at radius 3 is 2.23 bits per heavy atom. The molecule has 2 fully saturated rings. The first-order valence-corrected chi connectivity index (χ1v) is 11.6. The standard InChI is InChI=1S/C26H33N3O2/c30-25(29-16-12-23(13-17-29)19-22-9-5-2-6-10-22)20-24-26(31)27-14-18-28(24)15-11-21-7-3-1-4-8-21/h1-10,23-24H,11-20H2,(H,27,31)/t24-/m1/s1. The van der Waals surface area contributed by atoms with E-state index in [1.165, 1.54) is 11.1 Å². The van der Waals surface area contributed by atoms with E-state index in [-0.39, 0.29) is 24.3 Å². The summed E-state index contributed by atoms with van der Waals surface area (Å²) in [4.78, 5) is 29.7. The summed E-state index contributed by atoms with van der Waals surface area (Å²) in [5.41, 5.74) is 2.64. The third-order valence-corrected chi connectivity index (χ3v) is 6.67. The summed E-state index contributed by atoms with van der Waals surface area (Å²) in [5.74, 6) is 0.739. The lowest BCUT2D eigenvalue weighted by Crippen LogP contribution is -2.57. The molecule has 2 aliphatic heterocycles. The number of likely N-dealkylation sites (tertiary alicyclic amines) is 1. The van der Waals surface area contributed by atoms with E-state index >= 15 is 0 Å². The predicted molar refractivity (Wildman–Crippen MR) is 123 cm³/mol. The summed E-state index contributed by atoms with van der Waals surface area (Å²) >= 11 is 0. The van der Waals surface area contributed by atoms with E-state index in [1.54, 1.807) is 0 Å². The van der Waals surface area contributed by atoms with Gasteiger partial charge in [0.15, 0.2) is 0 Å². The topological polar surface area (TPSA) is 52.7 Å². The van der Waals surface area contributed by atoms with E-state index in [9.17, 15) is 9.59 Å². The van der Waals surface area contributed by atoms with Crippen LogP contribution in [0.5, 0.6) is 0 Å². The first-order chi connectivity index (χ1) is 15.2. The van der Waals surface area contributed by atoms with Gasteiger partial charge in [-0.25, -0.2) is 0 Å². The average Bonchev–Trinajstić information content (AvgIpc) is 2.81. The minimum atomic E-state index is -0.355. The molecule has 1 atom stereocenters. The summed E-state index contributed by atoms with van der Waals surface area (Å²) in [6.07, 6.45) is 4.33. The molecule has 1 N–H and O–H groups in total. The molecule has 2 amide bonds. The van der Waals surface area contributed by atoms with E-state index in [4.69, 9.17) is 0 Å². The lowest BCUT2D eigenvalue weighted by Gasteiger charge is -2.37. The number of carbonyl (C=O) groups excluding carboxylic acids is 2. The van der Waals surface area contributed by atoms with Crippen molar-refractivity contribution in [3.8, 4) is 0 Å². The fraction of sp³-hybridized carbons (Fsp3) is 0.462. The molecule has 0 spiro atoms. The molecule has 2 aromatic rings. The van der Waals surface area contributed by atoms with Crippen molar-refractivity contribution < 1.29 is 9.59 Å². The lowest BCUT2D eigenvalue weighted by molar-refractivity contribution is -0.139. The Morgan fingerprint density at radius 2 is 1.55 bits per heavy atom. The fourth-order valence-electron chi connectivity index (χ4n) is 4.80. The highest BCUT2D eigenvalue weighted by molar-refractivity contribution is 5.88. The largest absolute Gasteiger partial charge is 0.353 e. The number of nitrogens with one attached hydrogen (secondary N) is 1. The van der Waals surface area contributed by atoms with Crippen LogP contribution in [0.25, 0.3) is 0 Å². The van der Waals surface area contributed by atoms with Crippen LogP contribution in [0.3, 0.4) is 0 Å². The van der Waals surface area contributed by atoms with Crippen LogP contribution in [0, 0.1) is 5.92 Å². The molecule has 0 bridgehead atoms. The Balaban J connectivity index is 1.28. The van der Waals surface area contributed by atoms with E-state index in [0.29, 0.717) is 12.5 Å². The second-order valence-corrected chi connectivity index (χ2v) is 8.80. The maximum absolute atomic E-state index is 13.0. The quantitative estimate of drug-likeness (QED) is 0.751. The van der Waals surface area contributed by atoms with E-state index in [2.05, 4.69) is 52.7 Å². The van der Waals surface area contributed by atoms with Crippen molar-refractivity contribution in [2.24, 2.45) is 5.92 Å². The molecular formula is C26H33N3O2. The van der Waals surface area contributed by atoms with Gasteiger partial charge in [-0.05, 0) is 42.7 Å². The van der Waals surface area contributed by atoms with Gasteiger partial charge in [-0.3, -0.25) is 14.5 Å². The molecule has 164 valence electrons. The molecule has 0 aromatic heterocycles. The zero-order valence-corrected chi connectivity index (χ0v) is 18.2. The maximum Gasteiger partial charge on any atom is 0.237 e. The fourth-order valence-corrected chi connectivity index (χ4v) is 4.80. The van der Waals surface area contributed by atoms with E-state index in [1.807, 2.05) is 23.1 Å². The van der Waals surface area contributed by atoms with Gasteiger partial charge in [-0.2, -0.15) is 0 Å². The number of piperazine rings is 1. The molecule has 31 heavy (non-hydrogen) atoms. The molecule has 4 rings (SSSR count). The van der Waals surface area contributed by atoms with Crippen molar-refractivity contribution in [2.75, 3.05) is 32.7 Å². The predicted octanol–water partition coefficient (Wildman–Crippen LogP) is 2.90. The van der Waals surface area contributed by atoms with Crippen LogP contribution in [0.1, 0.15) is 30.4 Å². The molecular weight excluding hydrogens is 386 g/mol. The second kappa shape index (κ2) is 10.6. The first kappa shape index (κ1) is 21.6. The molecule has 0 saturated carbocycles. The molecule has 2 saturated heterocycles. The highest BCUT2D eigenvalue weighted by Crippen LogP contribution is 2.23. The van der Waals surface area contributed by atoms with Crippen molar-refractivity contribution in [2.45, 2.75) is 38.1 Å². The summed E-state index contributed by atoms with van der Waals surface area (Å²) in [6, 6.07) is 20.6. The Kier molecular flexibility index (Phi) is 7.36. The zero-order chi connectivity index (χ0) is 21.5. The van der Waals surface area contributed by atoms with Crippen LogP contribution < -0.4 is 5.32 Å². The Morgan fingerprint density at radius 1 is 0.903 bits per heavy atom. The molecule has 0 radical (unpaired) electrons. The number of piperidine rings is 1. The number of nitrogens with zero attached hydrogens (tertiary/aromatic N) is 2. The van der Waals surface area contributed by atoms with Gasteiger partial charge in [-0.1, -0.05) is 60.7 Å². The highest BCUT2D eigenvalue weighted by Gasteiger charge is 2.33. The van der Waals surface area contributed by atoms with Gasteiger partial charge < -0.3 is 10.2 Å². The zero-order valence-electron chi connectivity index (χ0n) is 18.2. The van der Waals surface area contributed by atoms with Gasteiger partial charge in [0, 0.05) is 32.7 Å². The summed E-state index contributed by atoms with van der Waals surface area (Å²) < 4.78 is 0. The second-order valence-electron chi connectivity index (χ2n) is 8.80. The molecule has 2 aromatic carbocycles. The Bertz CT molecular complexity index is 847. The number of amides is 2. The average molecular weight is 420 g/mol. The van der Waals surface area contributed by atoms with Gasteiger partial charge in [0.25, 0.3) is 0 Å². The maximum atomic E-state index is 13.0. The van der Waals surface area contributed by atoms with Crippen molar-refractivity contribution in [1.29, 1.82) is 0 Å². The van der Waals surface area contributed by atoms with Crippen LogP contribution >= 0.6 is 0 Å². The third kappa shape index (κ3) is 5.95. The van der Waals surface area contributed by atoms with Crippen LogP contribution in [-0.4, -0.2) is 60.4 Å². The smallest absolute Gasteiger partial charge is 0.237 e. The number of benzene rings is 2. The van der Waals surface area contributed by atoms with Crippen LogP contribution in [0.15, 0.2) is 60.7 Å². The van der Waals surface area contributed by atoms with Gasteiger partial charge >= 0.3 is 0 Å². The molecule has 2 heterocycles. The number of rotatable bonds is 7. The lowest BCUT2D eigenvalue weighted by atomic mass is 9.90. The van der Waals surface area contributed by atoms with E-state index < -0.39 is 0 Å². The number of carbonyl (C=O) groups is 2. The summed E-state index contributed by atoms with van der Waals surface area (Å²) in [6.45, 7) is 3.86. The monoisotopic (exact) mass is 419 g/mol. The van der Waals surface area contributed by atoms with Crippen LogP contribution in [0.4, 0.5) is 0 Å². The van der Waals surface area contributed by atoms with Crippen LogP contribution in [0.2, 0.25) is 0 Å². The summed E-state index contributed by atoms with van der Waals surface area (Å²) in [7, 11) is 0. The molecule has 0 aliphatic carbocycles. The van der Waals surface area contributed by atoms with E-state index in [0.717, 1.165) is 51.9 Å². The normalized spacial score (nSPS) is 20.5. The first-order valence-electron chi connectivity index (χ1n) is 11.6. The van der Waals surface area contributed by atoms with Gasteiger partial charge in [0.1, 0.15) is 0 Å². The van der Waals surface area contributed by atoms with Crippen molar-refractivity contribution in [3.05, 3.63) is 71.8 Å². The number of hydrogen-bond donors (Lipinski definition) is 1. The minimum absolute atomic E-state index is 0.00775. The Labute approximate surface area is 185 Å². The Hall–Kier alpha value is -2.66. The molecule has 0 unspecified atom stereocenters. The van der Waals surface area contributed by atoms with Gasteiger partial charge in [-0.15, -0.1) is 0 Å². The van der Waals surface area contributed by atoms with Crippen LogP contribution in [-0.2, 0) is 22.4 Å². The van der Waals surface area contributed by atoms with Crippen molar-refractivity contribution >= 4 is 11.8 Å². The van der Waals surface area contributed by atoms with Gasteiger partial charge in [0.2, 0.25) is 11.8 Å². The van der Waals surface area contributed by atoms with Crippen molar-refractivity contribution in [3.63, 3.8) is 0 Å². The molecule has 2 aliphatic rings. The SMILES string of the molecule is O=C1NCCN(CCc2ccccc2)[C@@H]1CC(=O)N1CCC(Cc2ccccc2)CC1. The van der Waals surface area contributed by atoms with Gasteiger partial charge in [0.05, 0.1) is 12.5 Å².